The van der Waals surface area contributed by atoms with Crippen LogP contribution in [0.2, 0.25) is 5.02 Å². The van der Waals surface area contributed by atoms with Gasteiger partial charge in [0.15, 0.2) is 11.5 Å². The van der Waals surface area contributed by atoms with Gasteiger partial charge < -0.3 is 14.8 Å². The number of nitrogens with zero attached hydrogens (tertiary/aromatic N) is 1. The molecule has 2 aromatic rings. The average molecular weight is 497 g/mol. The number of amides is 1. The van der Waals surface area contributed by atoms with Crippen LogP contribution in [0, 0.1) is 5.92 Å². The lowest BCUT2D eigenvalue weighted by Gasteiger charge is -2.30. The first-order valence-electron chi connectivity index (χ1n) is 10.5. The van der Waals surface area contributed by atoms with Crippen molar-refractivity contribution in [3.63, 3.8) is 0 Å². The predicted molar refractivity (Wildman–Crippen MR) is 124 cm³/mol. The number of benzene rings is 2. The Morgan fingerprint density at radius 2 is 1.75 bits per heavy atom. The highest BCUT2D eigenvalue weighted by Gasteiger charge is 2.32. The molecular weight excluding hydrogens is 472 g/mol. The highest BCUT2D eigenvalue weighted by atomic mass is 35.5. The van der Waals surface area contributed by atoms with Gasteiger partial charge in [-0.1, -0.05) is 11.6 Å². The van der Waals surface area contributed by atoms with Gasteiger partial charge in [0.1, 0.15) is 13.2 Å². The van der Waals surface area contributed by atoms with E-state index in [1.807, 2.05) is 24.3 Å². The lowest BCUT2D eigenvalue weighted by molar-refractivity contribution is -0.125. The van der Waals surface area contributed by atoms with Crippen LogP contribution >= 0.6 is 23.4 Å². The molecule has 172 valence electrons. The highest BCUT2D eigenvalue weighted by molar-refractivity contribution is 7.99. The zero-order valence-corrected chi connectivity index (χ0v) is 19.8. The minimum absolute atomic E-state index is 0.0157. The van der Waals surface area contributed by atoms with Crippen molar-refractivity contribution < 1.29 is 22.7 Å². The van der Waals surface area contributed by atoms with Crippen LogP contribution in [0.3, 0.4) is 0 Å². The number of carbonyl (C=O) groups excluding carboxylic acids is 1. The van der Waals surface area contributed by atoms with Gasteiger partial charge in [0.2, 0.25) is 15.9 Å². The first kappa shape index (κ1) is 23.2. The number of thioether (sulfide) groups is 1. The number of sulfonamides is 1. The summed E-state index contributed by atoms with van der Waals surface area (Å²) in [7, 11) is -3.65. The maximum Gasteiger partial charge on any atom is 0.243 e. The monoisotopic (exact) mass is 496 g/mol. The van der Waals surface area contributed by atoms with Crippen molar-refractivity contribution in [3.8, 4) is 11.5 Å². The zero-order chi connectivity index (χ0) is 22.6. The third-order valence-corrected chi connectivity index (χ3v) is 8.62. The molecule has 0 radical (unpaired) electrons. The van der Waals surface area contributed by atoms with E-state index in [0.29, 0.717) is 62.2 Å². The standard InChI is InChI=1S/C22H25ClN2O5S2/c23-17-1-3-18(4-2-17)31-14-9-24-22(26)16-7-10-25(11-8-16)32(27,28)19-5-6-20-21(15-19)30-13-12-29-20/h1-6,15-16H,7-14H2,(H,24,26). The van der Waals surface area contributed by atoms with Gasteiger partial charge in [-0.3, -0.25) is 4.79 Å². The maximum atomic E-state index is 13.0. The summed E-state index contributed by atoms with van der Waals surface area (Å²) in [6.07, 6.45) is 1.000. The topological polar surface area (TPSA) is 84.9 Å². The number of nitrogens with one attached hydrogen (secondary N) is 1. The zero-order valence-electron chi connectivity index (χ0n) is 17.5. The van der Waals surface area contributed by atoms with Gasteiger partial charge in [0.25, 0.3) is 0 Å². The summed E-state index contributed by atoms with van der Waals surface area (Å²) in [4.78, 5) is 13.8. The van der Waals surface area contributed by atoms with E-state index in [2.05, 4.69) is 5.32 Å². The molecule has 0 unspecified atom stereocenters. The summed E-state index contributed by atoms with van der Waals surface area (Å²) < 4.78 is 38.5. The highest BCUT2D eigenvalue weighted by Crippen LogP contribution is 2.34. The fraction of sp³-hybridized carbons (Fsp3) is 0.409. The van der Waals surface area contributed by atoms with Crippen molar-refractivity contribution in [1.29, 1.82) is 0 Å². The van der Waals surface area contributed by atoms with E-state index in [1.54, 1.807) is 23.9 Å². The molecule has 4 rings (SSSR count). The van der Waals surface area contributed by atoms with Gasteiger partial charge in [-0.05, 0) is 49.2 Å². The Bertz CT molecular complexity index is 1050. The Morgan fingerprint density at radius 3 is 2.47 bits per heavy atom. The number of ether oxygens (including phenoxy) is 2. The number of hydrogen-bond acceptors (Lipinski definition) is 6. The van der Waals surface area contributed by atoms with Gasteiger partial charge in [0, 0.05) is 47.3 Å². The minimum atomic E-state index is -3.65. The Morgan fingerprint density at radius 1 is 1.06 bits per heavy atom. The van der Waals surface area contributed by atoms with Crippen LogP contribution in [-0.4, -0.2) is 57.2 Å². The van der Waals surface area contributed by atoms with Crippen molar-refractivity contribution in [1.82, 2.24) is 9.62 Å². The summed E-state index contributed by atoms with van der Waals surface area (Å²) in [5, 5.41) is 3.67. The molecule has 0 saturated carbocycles. The van der Waals surface area contributed by atoms with Crippen LogP contribution in [0.1, 0.15) is 12.8 Å². The predicted octanol–water partition coefficient (Wildman–Crippen LogP) is 3.42. The van der Waals surface area contributed by atoms with Gasteiger partial charge in [-0.2, -0.15) is 4.31 Å². The molecule has 1 N–H and O–H groups in total. The summed E-state index contributed by atoms with van der Waals surface area (Å²) in [6, 6.07) is 12.3. The normalized spacial score (nSPS) is 17.2. The molecule has 2 aliphatic heterocycles. The van der Waals surface area contributed by atoms with Crippen molar-refractivity contribution in [2.24, 2.45) is 5.92 Å². The molecule has 0 bridgehead atoms. The van der Waals surface area contributed by atoms with Crippen LogP contribution in [0.15, 0.2) is 52.3 Å². The molecule has 0 spiro atoms. The molecule has 7 nitrogen and oxygen atoms in total. The largest absolute Gasteiger partial charge is 0.486 e. The minimum Gasteiger partial charge on any atom is -0.486 e. The van der Waals surface area contributed by atoms with Crippen LogP contribution in [-0.2, 0) is 14.8 Å². The second kappa shape index (κ2) is 10.3. The quantitative estimate of drug-likeness (QED) is 0.467. The van der Waals surface area contributed by atoms with Gasteiger partial charge in [-0.15, -0.1) is 11.8 Å². The Kier molecular flexibility index (Phi) is 7.50. The van der Waals surface area contributed by atoms with Crippen LogP contribution < -0.4 is 14.8 Å². The first-order valence-corrected chi connectivity index (χ1v) is 13.3. The molecule has 10 heteroatoms. The van der Waals surface area contributed by atoms with Gasteiger partial charge >= 0.3 is 0 Å². The molecule has 1 saturated heterocycles. The van der Waals surface area contributed by atoms with Gasteiger partial charge in [0.05, 0.1) is 4.90 Å². The summed E-state index contributed by atoms with van der Waals surface area (Å²) in [5.74, 6) is 1.56. The third-order valence-electron chi connectivity index (χ3n) is 5.46. The smallest absolute Gasteiger partial charge is 0.243 e. The average Bonchev–Trinajstić information content (AvgIpc) is 2.82. The van der Waals surface area contributed by atoms with Crippen LogP contribution in [0.5, 0.6) is 11.5 Å². The first-order chi connectivity index (χ1) is 15.4. The summed E-state index contributed by atoms with van der Waals surface area (Å²) in [5.41, 5.74) is 0. The maximum absolute atomic E-state index is 13.0. The molecule has 32 heavy (non-hydrogen) atoms. The number of rotatable bonds is 7. The molecule has 0 atom stereocenters. The molecular formula is C22H25ClN2O5S2. The van der Waals surface area contributed by atoms with Crippen molar-refractivity contribution in [3.05, 3.63) is 47.5 Å². The molecule has 2 aliphatic rings. The van der Waals surface area contributed by atoms with Gasteiger partial charge in [-0.25, -0.2) is 8.42 Å². The van der Waals surface area contributed by atoms with Crippen molar-refractivity contribution in [2.75, 3.05) is 38.6 Å². The fourth-order valence-corrected chi connectivity index (χ4v) is 6.09. The molecule has 2 heterocycles. The summed E-state index contributed by atoms with van der Waals surface area (Å²) >= 11 is 7.53. The lowest BCUT2D eigenvalue weighted by Crippen LogP contribution is -2.43. The second-order valence-corrected chi connectivity index (χ2v) is 11.1. The van der Waals surface area contributed by atoms with Crippen LogP contribution in [0.4, 0.5) is 0 Å². The van der Waals surface area contributed by atoms with E-state index >= 15 is 0 Å². The van der Waals surface area contributed by atoms with Crippen LogP contribution in [0.25, 0.3) is 0 Å². The Balaban J connectivity index is 1.25. The van der Waals surface area contributed by atoms with E-state index < -0.39 is 10.0 Å². The fourth-order valence-electron chi connectivity index (χ4n) is 3.71. The summed E-state index contributed by atoms with van der Waals surface area (Å²) in [6.45, 7) is 2.04. The SMILES string of the molecule is O=C(NCCSc1ccc(Cl)cc1)C1CCN(S(=O)(=O)c2ccc3c(c2)OCCO3)CC1. The lowest BCUT2D eigenvalue weighted by atomic mass is 9.97. The molecule has 0 aliphatic carbocycles. The van der Waals surface area contributed by atoms with E-state index in [1.165, 1.54) is 10.4 Å². The Hall–Kier alpha value is -1.94. The Labute approximate surface area is 197 Å². The second-order valence-electron chi connectivity index (χ2n) is 7.58. The van der Waals surface area contributed by atoms with E-state index in [9.17, 15) is 13.2 Å². The number of halogens is 1. The molecule has 2 aromatic carbocycles. The molecule has 1 fully saturated rings. The third kappa shape index (κ3) is 5.51. The van der Waals surface area contributed by atoms with E-state index in [-0.39, 0.29) is 16.7 Å². The number of fused-ring (bicyclic) bond motifs is 1. The number of hydrogen-bond donors (Lipinski definition) is 1. The van der Waals surface area contributed by atoms with E-state index in [4.69, 9.17) is 21.1 Å². The number of piperidine rings is 1. The van der Waals surface area contributed by atoms with E-state index in [0.717, 1.165) is 10.6 Å². The molecule has 1 amide bonds. The van der Waals surface area contributed by atoms with Crippen molar-refractivity contribution >= 4 is 39.3 Å². The van der Waals surface area contributed by atoms with Crippen molar-refractivity contribution in [2.45, 2.75) is 22.6 Å². The number of carbonyl (C=O) groups is 1. The molecule has 0 aromatic heterocycles.